The maximum Gasteiger partial charge on any atom is 0.272 e. The van der Waals surface area contributed by atoms with Gasteiger partial charge in [-0.25, -0.2) is 4.39 Å². The lowest BCUT2D eigenvalue weighted by molar-refractivity contribution is -0.385. The number of non-ortho nitro benzene ring substituents is 1. The van der Waals surface area contributed by atoms with Crippen LogP contribution in [0.4, 0.5) is 10.1 Å². The Kier molecular flexibility index (Phi) is 3.91. The van der Waals surface area contributed by atoms with Gasteiger partial charge < -0.3 is 4.74 Å². The Morgan fingerprint density at radius 1 is 1.22 bits per heavy atom. The molecule has 0 bridgehead atoms. The van der Waals surface area contributed by atoms with Crippen LogP contribution in [0.15, 0.2) is 48.5 Å². The molecule has 0 aliphatic rings. The summed E-state index contributed by atoms with van der Waals surface area (Å²) in [4.78, 5) is 9.90. The van der Waals surface area contributed by atoms with E-state index >= 15 is 0 Å². The number of tetrazole rings is 1. The lowest BCUT2D eigenvalue weighted by Gasteiger charge is -2.07. The van der Waals surface area contributed by atoms with E-state index in [2.05, 4.69) is 15.5 Å². The number of ether oxygens (including phenoxy) is 1. The van der Waals surface area contributed by atoms with Crippen molar-refractivity contribution in [1.29, 1.82) is 0 Å². The number of hydrogen-bond acceptors (Lipinski definition) is 6. The van der Waals surface area contributed by atoms with Crippen LogP contribution in [0.3, 0.4) is 0 Å². The van der Waals surface area contributed by atoms with Crippen molar-refractivity contribution in [3.63, 3.8) is 0 Å². The third kappa shape index (κ3) is 3.12. The molecule has 0 amide bonds. The first-order chi connectivity index (χ1) is 11.1. The summed E-state index contributed by atoms with van der Waals surface area (Å²) in [6.45, 7) is -0.0867. The fourth-order valence-corrected chi connectivity index (χ4v) is 1.93. The molecule has 8 nitrogen and oxygen atoms in total. The van der Waals surface area contributed by atoms with Crippen LogP contribution in [0, 0.1) is 15.9 Å². The summed E-state index contributed by atoms with van der Waals surface area (Å²) >= 11 is 0. The van der Waals surface area contributed by atoms with Crippen LogP contribution in [0.25, 0.3) is 5.69 Å². The van der Waals surface area contributed by atoms with Crippen LogP contribution in [-0.2, 0) is 6.61 Å². The zero-order chi connectivity index (χ0) is 16.2. The van der Waals surface area contributed by atoms with Crippen LogP contribution < -0.4 is 4.74 Å². The second-order valence-corrected chi connectivity index (χ2v) is 4.50. The van der Waals surface area contributed by atoms with Gasteiger partial charge in [-0.05, 0) is 28.6 Å². The zero-order valence-electron chi connectivity index (χ0n) is 11.7. The molecule has 0 N–H and O–H groups in total. The van der Waals surface area contributed by atoms with Gasteiger partial charge in [-0.1, -0.05) is 18.2 Å². The fraction of sp³-hybridized carbons (Fsp3) is 0.0714. The molecule has 0 spiro atoms. The van der Waals surface area contributed by atoms with E-state index in [9.17, 15) is 14.5 Å². The summed E-state index contributed by atoms with van der Waals surface area (Å²) in [7, 11) is 0. The number of nitro benzene ring substituents is 1. The Bertz CT molecular complexity index is 837. The van der Waals surface area contributed by atoms with E-state index in [1.54, 1.807) is 0 Å². The molecule has 0 unspecified atom stereocenters. The van der Waals surface area contributed by atoms with Crippen molar-refractivity contribution in [2.24, 2.45) is 0 Å². The van der Waals surface area contributed by atoms with Crippen molar-refractivity contribution in [2.75, 3.05) is 0 Å². The Labute approximate surface area is 129 Å². The van der Waals surface area contributed by atoms with E-state index in [0.29, 0.717) is 5.82 Å². The standard InChI is InChI=1S/C14H10FN5O3/c15-12-8-11(20(21)22)6-7-13(12)23-9-14-16-17-18-19(14)10-4-2-1-3-5-10/h1-8H,9H2. The number of halogens is 1. The van der Waals surface area contributed by atoms with Gasteiger partial charge in [0.2, 0.25) is 0 Å². The van der Waals surface area contributed by atoms with Crippen molar-refractivity contribution >= 4 is 5.69 Å². The average Bonchev–Trinajstić information content (AvgIpc) is 3.03. The highest BCUT2D eigenvalue weighted by atomic mass is 19.1. The average molecular weight is 315 g/mol. The quantitative estimate of drug-likeness (QED) is 0.529. The number of para-hydroxylation sites is 1. The molecule has 23 heavy (non-hydrogen) atoms. The molecule has 0 aliphatic heterocycles. The summed E-state index contributed by atoms with van der Waals surface area (Å²) in [5.74, 6) is -0.565. The van der Waals surface area contributed by atoms with Crippen molar-refractivity contribution in [3.05, 3.63) is 70.3 Å². The number of hydrogen-bond donors (Lipinski definition) is 0. The van der Waals surface area contributed by atoms with Crippen molar-refractivity contribution in [2.45, 2.75) is 6.61 Å². The second-order valence-electron chi connectivity index (χ2n) is 4.50. The maximum atomic E-state index is 13.8. The first-order valence-electron chi connectivity index (χ1n) is 6.54. The molecule has 0 atom stereocenters. The molecule has 1 heterocycles. The fourth-order valence-electron chi connectivity index (χ4n) is 1.93. The molecule has 3 aromatic rings. The van der Waals surface area contributed by atoms with E-state index < -0.39 is 10.7 Å². The summed E-state index contributed by atoms with van der Waals surface area (Å²) in [5, 5.41) is 21.8. The van der Waals surface area contributed by atoms with Gasteiger partial charge in [0.1, 0.15) is 6.61 Å². The van der Waals surface area contributed by atoms with Gasteiger partial charge in [0, 0.05) is 6.07 Å². The van der Waals surface area contributed by atoms with Crippen molar-refractivity contribution < 1.29 is 14.1 Å². The first-order valence-corrected chi connectivity index (χ1v) is 6.54. The summed E-state index contributed by atoms with van der Waals surface area (Å²) in [6.07, 6.45) is 0. The Balaban J connectivity index is 1.77. The third-order valence-corrected chi connectivity index (χ3v) is 3.02. The second kappa shape index (κ2) is 6.18. The van der Waals surface area contributed by atoms with Crippen LogP contribution in [0.2, 0.25) is 0 Å². The topological polar surface area (TPSA) is 96.0 Å². The minimum Gasteiger partial charge on any atom is -0.482 e. The number of nitro groups is 1. The highest BCUT2D eigenvalue weighted by Crippen LogP contribution is 2.23. The largest absolute Gasteiger partial charge is 0.482 e. The normalized spacial score (nSPS) is 10.5. The molecular formula is C14H10FN5O3. The number of aromatic nitrogens is 4. The van der Waals surface area contributed by atoms with E-state index in [-0.39, 0.29) is 18.0 Å². The van der Waals surface area contributed by atoms with Crippen LogP contribution in [0.1, 0.15) is 5.82 Å². The van der Waals surface area contributed by atoms with E-state index in [1.165, 1.54) is 16.8 Å². The van der Waals surface area contributed by atoms with Gasteiger partial charge in [-0.3, -0.25) is 10.1 Å². The molecule has 9 heteroatoms. The molecule has 116 valence electrons. The highest BCUT2D eigenvalue weighted by Gasteiger charge is 2.14. The van der Waals surface area contributed by atoms with Crippen LogP contribution in [0.5, 0.6) is 5.75 Å². The monoisotopic (exact) mass is 315 g/mol. The van der Waals surface area contributed by atoms with Crippen molar-refractivity contribution in [3.8, 4) is 11.4 Å². The van der Waals surface area contributed by atoms with E-state index in [4.69, 9.17) is 4.74 Å². The molecule has 1 aromatic heterocycles. The smallest absolute Gasteiger partial charge is 0.272 e. The van der Waals surface area contributed by atoms with Crippen LogP contribution >= 0.6 is 0 Å². The Morgan fingerprint density at radius 3 is 2.70 bits per heavy atom. The van der Waals surface area contributed by atoms with Gasteiger partial charge in [-0.2, -0.15) is 4.68 Å². The highest BCUT2D eigenvalue weighted by molar-refractivity contribution is 5.37. The van der Waals surface area contributed by atoms with E-state index in [1.807, 2.05) is 30.3 Å². The molecule has 2 aromatic carbocycles. The Hall–Kier alpha value is -3.36. The lowest BCUT2D eigenvalue weighted by atomic mass is 10.3. The minimum absolute atomic E-state index is 0.0867. The third-order valence-electron chi connectivity index (χ3n) is 3.02. The van der Waals surface area contributed by atoms with Gasteiger partial charge in [0.25, 0.3) is 5.69 Å². The molecule has 0 saturated carbocycles. The SMILES string of the molecule is O=[N+]([O-])c1ccc(OCc2nnnn2-c2ccccc2)c(F)c1. The van der Waals surface area contributed by atoms with Gasteiger partial charge in [-0.15, -0.1) is 5.10 Å². The predicted octanol–water partition coefficient (Wildman–Crippen LogP) is 2.29. The Morgan fingerprint density at radius 2 is 2.00 bits per heavy atom. The summed E-state index contributed by atoms with van der Waals surface area (Å²) < 4.78 is 20.6. The minimum atomic E-state index is -0.821. The zero-order valence-corrected chi connectivity index (χ0v) is 11.7. The van der Waals surface area contributed by atoms with Gasteiger partial charge in [0.15, 0.2) is 17.4 Å². The molecule has 0 saturated heterocycles. The molecule has 0 fully saturated rings. The number of benzene rings is 2. The number of rotatable bonds is 5. The van der Waals surface area contributed by atoms with Crippen LogP contribution in [-0.4, -0.2) is 25.1 Å². The first kappa shape index (κ1) is 14.6. The molecular weight excluding hydrogens is 305 g/mol. The van der Waals surface area contributed by atoms with Gasteiger partial charge in [0.05, 0.1) is 16.7 Å². The lowest BCUT2D eigenvalue weighted by Crippen LogP contribution is -2.07. The summed E-state index contributed by atoms with van der Waals surface area (Å²) in [5.41, 5.74) is 0.393. The predicted molar refractivity (Wildman–Crippen MR) is 76.5 cm³/mol. The van der Waals surface area contributed by atoms with Gasteiger partial charge >= 0.3 is 0 Å². The van der Waals surface area contributed by atoms with Crippen molar-refractivity contribution in [1.82, 2.24) is 20.2 Å². The molecule has 0 aliphatic carbocycles. The number of nitrogens with zero attached hydrogens (tertiary/aromatic N) is 5. The maximum absolute atomic E-state index is 13.8. The molecule has 3 rings (SSSR count). The molecule has 0 radical (unpaired) electrons. The van der Waals surface area contributed by atoms with E-state index in [0.717, 1.165) is 11.8 Å². The summed E-state index contributed by atoms with van der Waals surface area (Å²) in [6, 6.07) is 12.3.